The summed E-state index contributed by atoms with van der Waals surface area (Å²) in [4.78, 5) is 11.0. The number of carbonyl (C=O) groups is 1. The highest BCUT2D eigenvalue weighted by Gasteiger charge is 2.15. The predicted octanol–water partition coefficient (Wildman–Crippen LogP) is 6.09. The molecule has 4 nitrogen and oxygen atoms in total. The van der Waals surface area contributed by atoms with Crippen molar-refractivity contribution < 1.29 is 19.7 Å². The summed E-state index contributed by atoms with van der Waals surface area (Å²) in [5.74, 6) is -0.142. The molecule has 0 aliphatic heterocycles. The third-order valence-electron chi connectivity index (χ3n) is 5.31. The van der Waals surface area contributed by atoms with Crippen LogP contribution in [0, 0.1) is 0 Å². The number of unbranched alkanes of at least 4 members (excludes halogenated alkanes) is 11. The third kappa shape index (κ3) is 18.5. The normalized spacial score (nSPS) is 13.7. The number of aliphatic hydroxyl groups excluding tert-OH is 2. The van der Waals surface area contributed by atoms with E-state index in [0.717, 1.165) is 51.4 Å². The fourth-order valence-electron chi connectivity index (χ4n) is 3.36. The van der Waals surface area contributed by atoms with Gasteiger partial charge in [-0.1, -0.05) is 76.9 Å². The molecule has 0 fully saturated rings. The molecule has 2 N–H and O–H groups in total. The largest absolute Gasteiger partial charge is 0.469 e. The lowest BCUT2D eigenvalue weighted by molar-refractivity contribution is -0.140. The first kappa shape index (κ1) is 27.1. The Hall–Kier alpha value is -0.870. The second-order valence-corrected chi connectivity index (χ2v) is 7.98. The molecule has 4 heteroatoms. The van der Waals surface area contributed by atoms with Gasteiger partial charge < -0.3 is 14.9 Å². The van der Waals surface area contributed by atoms with E-state index in [1.165, 1.54) is 45.6 Å². The van der Waals surface area contributed by atoms with Gasteiger partial charge in [0, 0.05) is 6.42 Å². The second-order valence-electron chi connectivity index (χ2n) is 7.98. The number of aliphatic hydroxyl groups is 2. The minimum atomic E-state index is -0.599. The average Bonchev–Trinajstić information content (AvgIpc) is 2.70. The summed E-state index contributed by atoms with van der Waals surface area (Å²) in [5.41, 5.74) is 0. The summed E-state index contributed by atoms with van der Waals surface area (Å²) in [5, 5.41) is 20.1. The van der Waals surface area contributed by atoms with Crippen LogP contribution in [0.2, 0.25) is 0 Å². The Bertz CT molecular complexity index is 368. The Morgan fingerprint density at radius 1 is 0.750 bits per heavy atom. The molecule has 0 rings (SSSR count). The van der Waals surface area contributed by atoms with Crippen LogP contribution in [-0.4, -0.2) is 35.5 Å². The van der Waals surface area contributed by atoms with Crippen LogP contribution < -0.4 is 0 Å². The SMILES string of the molecule is CCCCCC/C=C\CCCCC[C@H](O)[C@H](O)CCCCCCCC(=O)OC. The van der Waals surface area contributed by atoms with E-state index in [-0.39, 0.29) is 5.97 Å². The van der Waals surface area contributed by atoms with Gasteiger partial charge in [-0.05, 0) is 44.9 Å². The Kier molecular flexibility index (Phi) is 20.2. The molecule has 0 amide bonds. The van der Waals surface area contributed by atoms with Gasteiger partial charge >= 0.3 is 5.97 Å². The van der Waals surface area contributed by atoms with E-state index in [1.807, 2.05) is 0 Å². The number of ether oxygens (including phenoxy) is 1. The topological polar surface area (TPSA) is 66.8 Å². The molecule has 0 saturated heterocycles. The van der Waals surface area contributed by atoms with Crippen molar-refractivity contribution in [2.24, 2.45) is 0 Å². The smallest absolute Gasteiger partial charge is 0.305 e. The summed E-state index contributed by atoms with van der Waals surface area (Å²) in [6, 6.07) is 0. The molecule has 0 aliphatic carbocycles. The van der Waals surface area contributed by atoms with Crippen LogP contribution in [0.4, 0.5) is 0 Å². The maximum absolute atomic E-state index is 11.0. The Labute approximate surface area is 173 Å². The average molecular weight is 399 g/mol. The molecular formula is C24H46O4. The van der Waals surface area contributed by atoms with E-state index in [2.05, 4.69) is 23.8 Å². The standard InChI is InChI=1S/C24H46O4/c1-3-4-5-6-7-8-9-10-11-13-16-19-22(25)23(26)20-17-14-12-15-18-21-24(27)28-2/h8-9,22-23,25-26H,3-7,10-21H2,1-2H3/b9-8-/t22-,23+/m0/s1. The third-order valence-corrected chi connectivity index (χ3v) is 5.31. The molecule has 28 heavy (non-hydrogen) atoms. The van der Waals surface area contributed by atoms with Gasteiger partial charge in [0.05, 0.1) is 19.3 Å². The highest BCUT2D eigenvalue weighted by molar-refractivity contribution is 5.68. The van der Waals surface area contributed by atoms with E-state index in [4.69, 9.17) is 0 Å². The summed E-state index contributed by atoms with van der Waals surface area (Å²) < 4.78 is 4.61. The highest BCUT2D eigenvalue weighted by atomic mass is 16.5. The molecule has 0 unspecified atom stereocenters. The molecule has 0 aromatic rings. The van der Waals surface area contributed by atoms with Crippen molar-refractivity contribution in [3.8, 4) is 0 Å². The molecule has 0 heterocycles. The highest BCUT2D eigenvalue weighted by Crippen LogP contribution is 2.15. The number of carbonyl (C=O) groups excluding carboxylic acids is 1. The maximum Gasteiger partial charge on any atom is 0.305 e. The van der Waals surface area contributed by atoms with E-state index in [9.17, 15) is 15.0 Å². The minimum absolute atomic E-state index is 0.142. The Morgan fingerprint density at radius 2 is 1.21 bits per heavy atom. The number of rotatable bonds is 20. The van der Waals surface area contributed by atoms with Gasteiger partial charge in [0.15, 0.2) is 0 Å². The molecule has 2 atom stereocenters. The number of allylic oxidation sites excluding steroid dienone is 2. The van der Waals surface area contributed by atoms with Gasteiger partial charge in [0.2, 0.25) is 0 Å². The van der Waals surface area contributed by atoms with E-state index in [1.54, 1.807) is 0 Å². The first-order valence-electron chi connectivity index (χ1n) is 11.7. The summed E-state index contributed by atoms with van der Waals surface area (Å²) in [6.07, 6.45) is 21.1. The van der Waals surface area contributed by atoms with E-state index < -0.39 is 12.2 Å². The number of hydrogen-bond acceptors (Lipinski definition) is 4. The molecule has 0 aromatic heterocycles. The predicted molar refractivity (Wildman–Crippen MR) is 117 cm³/mol. The summed E-state index contributed by atoms with van der Waals surface area (Å²) in [6.45, 7) is 2.24. The molecule has 0 bridgehead atoms. The van der Waals surface area contributed by atoms with Crippen molar-refractivity contribution in [3.05, 3.63) is 12.2 Å². The lowest BCUT2D eigenvalue weighted by atomic mass is 10.00. The zero-order valence-electron chi connectivity index (χ0n) is 18.5. The number of methoxy groups -OCH3 is 1. The molecule has 0 aliphatic rings. The van der Waals surface area contributed by atoms with Crippen LogP contribution in [0.15, 0.2) is 12.2 Å². The molecule has 0 saturated carbocycles. The summed E-state index contributed by atoms with van der Waals surface area (Å²) in [7, 11) is 1.42. The zero-order valence-corrected chi connectivity index (χ0v) is 18.5. The van der Waals surface area contributed by atoms with Crippen LogP contribution in [0.5, 0.6) is 0 Å². The quantitative estimate of drug-likeness (QED) is 0.148. The fraction of sp³-hybridized carbons (Fsp3) is 0.875. The van der Waals surface area contributed by atoms with E-state index in [0.29, 0.717) is 19.3 Å². The Morgan fingerprint density at radius 3 is 1.75 bits per heavy atom. The molecular weight excluding hydrogens is 352 g/mol. The van der Waals surface area contributed by atoms with Crippen LogP contribution in [0.3, 0.4) is 0 Å². The maximum atomic E-state index is 11.0. The van der Waals surface area contributed by atoms with Gasteiger partial charge in [-0.15, -0.1) is 0 Å². The van der Waals surface area contributed by atoms with Gasteiger partial charge in [0.1, 0.15) is 0 Å². The van der Waals surface area contributed by atoms with Crippen LogP contribution in [0.1, 0.15) is 116 Å². The van der Waals surface area contributed by atoms with Crippen LogP contribution in [0.25, 0.3) is 0 Å². The van der Waals surface area contributed by atoms with Gasteiger partial charge in [-0.2, -0.15) is 0 Å². The van der Waals surface area contributed by atoms with Crippen molar-refractivity contribution in [1.82, 2.24) is 0 Å². The van der Waals surface area contributed by atoms with Crippen molar-refractivity contribution >= 4 is 5.97 Å². The molecule has 0 radical (unpaired) electrons. The summed E-state index contributed by atoms with van der Waals surface area (Å²) >= 11 is 0. The van der Waals surface area contributed by atoms with Gasteiger partial charge in [0.25, 0.3) is 0 Å². The molecule has 0 aromatic carbocycles. The van der Waals surface area contributed by atoms with Gasteiger partial charge in [-0.3, -0.25) is 4.79 Å². The van der Waals surface area contributed by atoms with Crippen LogP contribution in [-0.2, 0) is 9.53 Å². The van der Waals surface area contributed by atoms with Gasteiger partial charge in [-0.25, -0.2) is 0 Å². The number of esters is 1. The second kappa shape index (κ2) is 20.9. The number of hydrogen-bond donors (Lipinski definition) is 2. The van der Waals surface area contributed by atoms with Crippen molar-refractivity contribution in [2.45, 2.75) is 128 Å². The van der Waals surface area contributed by atoms with Crippen molar-refractivity contribution in [3.63, 3.8) is 0 Å². The first-order chi connectivity index (χ1) is 13.6. The minimum Gasteiger partial charge on any atom is -0.469 e. The first-order valence-corrected chi connectivity index (χ1v) is 11.7. The van der Waals surface area contributed by atoms with E-state index >= 15 is 0 Å². The fourth-order valence-corrected chi connectivity index (χ4v) is 3.36. The molecule has 166 valence electrons. The lowest BCUT2D eigenvalue weighted by Gasteiger charge is -2.17. The lowest BCUT2D eigenvalue weighted by Crippen LogP contribution is -2.25. The van der Waals surface area contributed by atoms with Crippen LogP contribution >= 0.6 is 0 Å². The Balaban J connectivity index is 3.43. The van der Waals surface area contributed by atoms with Crippen molar-refractivity contribution in [1.29, 1.82) is 0 Å². The zero-order chi connectivity index (χ0) is 20.9. The molecule has 0 spiro atoms. The van der Waals surface area contributed by atoms with Crippen molar-refractivity contribution in [2.75, 3.05) is 7.11 Å². The monoisotopic (exact) mass is 398 g/mol.